The average molecular weight is 409 g/mol. The Hall–Kier alpha value is -3.24. The highest BCUT2D eigenvalue weighted by Crippen LogP contribution is 2.40. The number of anilines is 1. The zero-order valence-corrected chi connectivity index (χ0v) is 15.2. The number of aromatic nitrogens is 3. The summed E-state index contributed by atoms with van der Waals surface area (Å²) in [5.41, 5.74) is 0.871. The first-order chi connectivity index (χ1) is 13.7. The number of carbonyl (C=O) groups excluding carboxylic acids is 1. The molecule has 0 saturated carbocycles. The summed E-state index contributed by atoms with van der Waals surface area (Å²) in [5.74, 6) is -1.89. The average Bonchev–Trinajstić information content (AvgIpc) is 3.13. The molecule has 2 saturated heterocycles. The van der Waals surface area contributed by atoms with E-state index in [0.29, 0.717) is 5.56 Å². The van der Waals surface area contributed by atoms with Gasteiger partial charge in [-0.25, -0.2) is 14.8 Å². The highest BCUT2D eigenvalue weighted by atomic mass is 19.4. The number of carboxylic acids is 1. The van der Waals surface area contributed by atoms with E-state index in [1.807, 2.05) is 17.0 Å². The van der Waals surface area contributed by atoms with Gasteiger partial charge in [-0.05, 0) is 24.6 Å². The van der Waals surface area contributed by atoms with Crippen LogP contribution in [0.3, 0.4) is 0 Å². The van der Waals surface area contributed by atoms with Gasteiger partial charge >= 0.3 is 12.1 Å². The molecule has 154 valence electrons. The number of likely N-dealkylation sites (tertiary alicyclic amines) is 1. The summed E-state index contributed by atoms with van der Waals surface area (Å²) in [6.07, 6.45) is 2.86. The highest BCUT2D eigenvalue weighted by Gasteiger charge is 2.49. The fourth-order valence-electron chi connectivity index (χ4n) is 3.40. The van der Waals surface area contributed by atoms with Gasteiger partial charge in [0.15, 0.2) is 0 Å². The zero-order valence-electron chi connectivity index (χ0n) is 15.2. The topological polar surface area (TPSA) is 99.5 Å². The molecule has 29 heavy (non-hydrogen) atoms. The molecule has 2 aliphatic heterocycles. The van der Waals surface area contributed by atoms with E-state index in [-0.39, 0.29) is 11.3 Å². The Balaban J connectivity index is 0.000000298. The van der Waals surface area contributed by atoms with Gasteiger partial charge in [-0.1, -0.05) is 0 Å². The minimum absolute atomic E-state index is 0.0770. The van der Waals surface area contributed by atoms with Gasteiger partial charge in [-0.3, -0.25) is 9.78 Å². The Bertz CT molecular complexity index is 858. The van der Waals surface area contributed by atoms with Crippen molar-refractivity contribution >= 4 is 17.8 Å². The van der Waals surface area contributed by atoms with E-state index in [2.05, 4.69) is 19.9 Å². The Morgan fingerprint density at radius 3 is 2.28 bits per heavy atom. The minimum atomic E-state index is -5.08. The molecular formula is C18H18F3N5O3. The van der Waals surface area contributed by atoms with Crippen molar-refractivity contribution < 1.29 is 27.9 Å². The van der Waals surface area contributed by atoms with E-state index >= 15 is 0 Å². The Morgan fingerprint density at radius 1 is 1.07 bits per heavy atom. The SMILES string of the molecule is O=C(O)C(F)(F)F.O=C(c1cccnc1)N1CC2(CCN(c3ncccn3)C2)C1. The molecule has 1 amide bonds. The molecule has 1 N–H and O–H groups in total. The van der Waals surface area contributed by atoms with Crippen LogP contribution in [0.4, 0.5) is 19.1 Å². The molecule has 0 bridgehead atoms. The van der Waals surface area contributed by atoms with Crippen LogP contribution in [0.1, 0.15) is 16.8 Å². The van der Waals surface area contributed by atoms with Crippen molar-refractivity contribution in [2.75, 3.05) is 31.1 Å². The number of nitrogens with zero attached hydrogens (tertiary/aromatic N) is 5. The van der Waals surface area contributed by atoms with Crippen LogP contribution in [0, 0.1) is 5.41 Å². The molecule has 4 heterocycles. The van der Waals surface area contributed by atoms with E-state index in [0.717, 1.165) is 38.5 Å². The molecule has 0 aliphatic carbocycles. The summed E-state index contributed by atoms with van der Waals surface area (Å²) in [6.45, 7) is 3.50. The number of alkyl halides is 3. The van der Waals surface area contributed by atoms with E-state index in [4.69, 9.17) is 9.90 Å². The number of carbonyl (C=O) groups is 2. The summed E-state index contributed by atoms with van der Waals surface area (Å²) >= 11 is 0. The Morgan fingerprint density at radius 2 is 1.72 bits per heavy atom. The largest absolute Gasteiger partial charge is 0.490 e. The summed E-state index contributed by atoms with van der Waals surface area (Å²) in [4.78, 5) is 38.0. The molecule has 11 heteroatoms. The van der Waals surface area contributed by atoms with E-state index in [1.54, 1.807) is 30.9 Å². The van der Waals surface area contributed by atoms with Crippen LogP contribution in [0.5, 0.6) is 0 Å². The molecule has 0 radical (unpaired) electrons. The van der Waals surface area contributed by atoms with Crippen molar-refractivity contribution in [3.05, 3.63) is 48.5 Å². The quantitative estimate of drug-likeness (QED) is 0.808. The lowest BCUT2D eigenvalue weighted by Gasteiger charge is -2.47. The van der Waals surface area contributed by atoms with Crippen LogP contribution in [0.25, 0.3) is 0 Å². The molecular weight excluding hydrogens is 391 g/mol. The van der Waals surface area contributed by atoms with Gasteiger partial charge in [0.2, 0.25) is 5.95 Å². The van der Waals surface area contributed by atoms with Crippen molar-refractivity contribution in [3.63, 3.8) is 0 Å². The van der Waals surface area contributed by atoms with Gasteiger partial charge in [0.1, 0.15) is 0 Å². The first-order valence-corrected chi connectivity index (χ1v) is 8.72. The van der Waals surface area contributed by atoms with Crippen LogP contribution >= 0.6 is 0 Å². The van der Waals surface area contributed by atoms with Crippen LogP contribution in [0.15, 0.2) is 43.0 Å². The molecule has 2 fully saturated rings. The lowest BCUT2D eigenvalue weighted by molar-refractivity contribution is -0.192. The monoisotopic (exact) mass is 409 g/mol. The summed E-state index contributed by atoms with van der Waals surface area (Å²) in [7, 11) is 0. The zero-order chi connectivity index (χ0) is 21.1. The third-order valence-corrected chi connectivity index (χ3v) is 4.76. The molecule has 1 spiro atoms. The minimum Gasteiger partial charge on any atom is -0.475 e. The second-order valence-electron chi connectivity index (χ2n) is 6.93. The Labute approximate surface area is 164 Å². The van der Waals surface area contributed by atoms with E-state index in [9.17, 15) is 18.0 Å². The van der Waals surface area contributed by atoms with Gasteiger partial charge < -0.3 is 14.9 Å². The number of hydrogen-bond donors (Lipinski definition) is 1. The summed E-state index contributed by atoms with van der Waals surface area (Å²) in [5, 5.41) is 7.12. The molecule has 8 nitrogen and oxygen atoms in total. The summed E-state index contributed by atoms with van der Waals surface area (Å²) in [6, 6.07) is 5.44. The van der Waals surface area contributed by atoms with Gasteiger partial charge in [0.25, 0.3) is 5.91 Å². The smallest absolute Gasteiger partial charge is 0.475 e. The maximum absolute atomic E-state index is 12.4. The van der Waals surface area contributed by atoms with Gasteiger partial charge in [0.05, 0.1) is 5.56 Å². The van der Waals surface area contributed by atoms with Crippen molar-refractivity contribution in [1.29, 1.82) is 0 Å². The summed E-state index contributed by atoms with van der Waals surface area (Å²) < 4.78 is 31.7. The van der Waals surface area contributed by atoms with Gasteiger partial charge in [0, 0.05) is 56.4 Å². The second-order valence-corrected chi connectivity index (χ2v) is 6.93. The second kappa shape index (κ2) is 8.02. The standard InChI is InChI=1S/C16H17N5O.C2HF3O2/c22-14(13-3-1-5-17-9-13)21-11-16(12-21)4-8-20(10-16)15-18-6-2-7-19-15;3-2(4,5)1(6)7/h1-3,5-7,9H,4,8,10-12H2;(H,6,7). The number of aliphatic carboxylic acids is 1. The molecule has 4 rings (SSSR count). The number of carboxylic acid groups (broad SMARTS) is 1. The fourth-order valence-corrected chi connectivity index (χ4v) is 3.40. The number of rotatable bonds is 2. The van der Waals surface area contributed by atoms with Crippen molar-refractivity contribution in [3.8, 4) is 0 Å². The molecule has 2 aliphatic rings. The van der Waals surface area contributed by atoms with E-state index in [1.165, 1.54) is 0 Å². The first-order valence-electron chi connectivity index (χ1n) is 8.72. The van der Waals surface area contributed by atoms with Crippen molar-refractivity contribution in [2.45, 2.75) is 12.6 Å². The molecule has 0 aromatic carbocycles. The van der Waals surface area contributed by atoms with Crippen LogP contribution in [-0.2, 0) is 4.79 Å². The van der Waals surface area contributed by atoms with Crippen molar-refractivity contribution in [2.24, 2.45) is 5.41 Å². The highest BCUT2D eigenvalue weighted by molar-refractivity contribution is 5.94. The third-order valence-electron chi connectivity index (χ3n) is 4.76. The number of hydrogen-bond acceptors (Lipinski definition) is 6. The number of pyridine rings is 1. The van der Waals surface area contributed by atoms with Crippen LogP contribution < -0.4 is 4.90 Å². The Kier molecular flexibility index (Phi) is 5.66. The molecule has 2 aromatic heterocycles. The predicted molar refractivity (Wildman–Crippen MR) is 95.1 cm³/mol. The lowest BCUT2D eigenvalue weighted by atomic mass is 9.79. The maximum atomic E-state index is 12.4. The van der Waals surface area contributed by atoms with Crippen LogP contribution in [0.2, 0.25) is 0 Å². The number of halogens is 3. The number of amides is 1. The van der Waals surface area contributed by atoms with Crippen molar-refractivity contribution in [1.82, 2.24) is 19.9 Å². The third kappa shape index (κ3) is 4.79. The van der Waals surface area contributed by atoms with E-state index < -0.39 is 12.1 Å². The van der Waals surface area contributed by atoms with Crippen LogP contribution in [-0.4, -0.2) is 69.2 Å². The molecule has 0 unspecified atom stereocenters. The first kappa shape index (κ1) is 20.5. The molecule has 0 atom stereocenters. The predicted octanol–water partition coefficient (Wildman–Crippen LogP) is 1.86. The normalized spacial score (nSPS) is 17.3. The maximum Gasteiger partial charge on any atom is 0.490 e. The fraction of sp³-hybridized carbons (Fsp3) is 0.389. The van der Waals surface area contributed by atoms with Gasteiger partial charge in [-0.15, -0.1) is 0 Å². The molecule has 2 aromatic rings. The van der Waals surface area contributed by atoms with Gasteiger partial charge in [-0.2, -0.15) is 13.2 Å². The lowest BCUT2D eigenvalue weighted by Crippen LogP contribution is -2.59.